The van der Waals surface area contributed by atoms with Gasteiger partial charge in [-0.1, -0.05) is 37.0 Å². The van der Waals surface area contributed by atoms with Gasteiger partial charge >= 0.3 is 12.1 Å². The van der Waals surface area contributed by atoms with E-state index in [0.717, 1.165) is 23.7 Å². The predicted molar refractivity (Wildman–Crippen MR) is 141 cm³/mol. The van der Waals surface area contributed by atoms with Crippen LogP contribution in [0.2, 0.25) is 10.0 Å². The average Bonchev–Trinajstić information content (AvgIpc) is 3.27. The molecule has 2 fully saturated rings. The van der Waals surface area contributed by atoms with Crippen LogP contribution >= 0.6 is 23.2 Å². The molecule has 0 aromatic carbocycles. The SMILES string of the molecule is CC1(C)CC(CN(CCc2c(Cl)cncc2Cl)C(=O)c2cnn(C3CCC(C)(C(=O)O)CC3)c2C(F)(F)F)C1. The summed E-state index contributed by atoms with van der Waals surface area (Å²) in [6.45, 7) is 6.29. The highest BCUT2D eigenvalue weighted by Gasteiger charge is 2.45. The molecule has 39 heavy (non-hydrogen) atoms. The number of alkyl halides is 3. The van der Waals surface area contributed by atoms with Crippen molar-refractivity contribution in [2.24, 2.45) is 16.7 Å². The molecule has 2 saturated carbocycles. The summed E-state index contributed by atoms with van der Waals surface area (Å²) in [5.41, 5.74) is -1.86. The highest BCUT2D eigenvalue weighted by molar-refractivity contribution is 6.35. The molecule has 2 aliphatic rings. The largest absolute Gasteiger partial charge is 0.481 e. The summed E-state index contributed by atoms with van der Waals surface area (Å²) in [7, 11) is 0. The normalized spacial score (nSPS) is 23.3. The highest BCUT2D eigenvalue weighted by Crippen LogP contribution is 2.46. The number of rotatable bonds is 8. The molecule has 1 N–H and O–H groups in total. The fraction of sp³-hybridized carbons (Fsp3) is 0.630. The third-order valence-electron chi connectivity index (χ3n) is 8.25. The highest BCUT2D eigenvalue weighted by atomic mass is 35.5. The first kappa shape index (κ1) is 29.6. The molecule has 2 heterocycles. The van der Waals surface area contributed by atoms with Gasteiger partial charge in [-0.3, -0.25) is 19.3 Å². The molecule has 2 aromatic heterocycles. The maximum Gasteiger partial charge on any atom is 0.433 e. The molecule has 2 aromatic rings. The summed E-state index contributed by atoms with van der Waals surface area (Å²) in [4.78, 5) is 30.7. The third-order valence-corrected chi connectivity index (χ3v) is 8.90. The number of hydrogen-bond acceptors (Lipinski definition) is 4. The van der Waals surface area contributed by atoms with Crippen LogP contribution in [-0.2, 0) is 17.4 Å². The van der Waals surface area contributed by atoms with Gasteiger partial charge < -0.3 is 10.0 Å². The Labute approximate surface area is 235 Å². The van der Waals surface area contributed by atoms with E-state index < -0.39 is 40.8 Å². The van der Waals surface area contributed by atoms with Gasteiger partial charge in [-0.2, -0.15) is 18.3 Å². The first-order valence-electron chi connectivity index (χ1n) is 13.1. The van der Waals surface area contributed by atoms with Gasteiger partial charge in [-0.25, -0.2) is 0 Å². The number of halogens is 5. The van der Waals surface area contributed by atoms with E-state index in [1.165, 1.54) is 17.3 Å². The minimum absolute atomic E-state index is 0.127. The molecule has 7 nitrogen and oxygen atoms in total. The van der Waals surface area contributed by atoms with Crippen molar-refractivity contribution in [1.82, 2.24) is 19.7 Å². The monoisotopic (exact) mass is 588 g/mol. The molecule has 0 spiro atoms. The van der Waals surface area contributed by atoms with Crippen LogP contribution in [0.4, 0.5) is 13.2 Å². The summed E-state index contributed by atoms with van der Waals surface area (Å²) in [6, 6.07) is -0.647. The van der Waals surface area contributed by atoms with E-state index in [4.69, 9.17) is 23.2 Å². The van der Waals surface area contributed by atoms with Crippen LogP contribution in [0.5, 0.6) is 0 Å². The molecule has 0 unspecified atom stereocenters. The van der Waals surface area contributed by atoms with Gasteiger partial charge in [0, 0.05) is 25.5 Å². The van der Waals surface area contributed by atoms with E-state index in [1.54, 1.807) is 6.92 Å². The zero-order chi connectivity index (χ0) is 28.8. The van der Waals surface area contributed by atoms with Gasteiger partial charge in [0.1, 0.15) is 0 Å². The first-order valence-corrected chi connectivity index (χ1v) is 13.8. The van der Waals surface area contributed by atoms with Crippen molar-refractivity contribution in [2.75, 3.05) is 13.1 Å². The van der Waals surface area contributed by atoms with Crippen molar-refractivity contribution in [3.63, 3.8) is 0 Å². The summed E-state index contributed by atoms with van der Waals surface area (Å²) in [6.07, 6.45) is 1.94. The second kappa shape index (κ2) is 10.9. The molecule has 1 amide bonds. The minimum atomic E-state index is -4.82. The molecule has 0 radical (unpaired) electrons. The third kappa shape index (κ3) is 6.37. The van der Waals surface area contributed by atoms with Gasteiger partial charge in [0.15, 0.2) is 5.69 Å². The number of pyridine rings is 1. The summed E-state index contributed by atoms with van der Waals surface area (Å²) >= 11 is 12.5. The molecule has 0 aliphatic heterocycles. The second-order valence-corrected chi connectivity index (χ2v) is 12.8. The predicted octanol–water partition coefficient (Wildman–Crippen LogP) is 6.93. The lowest BCUT2D eigenvalue weighted by atomic mass is 9.64. The molecule has 4 rings (SSSR count). The lowest BCUT2D eigenvalue weighted by Crippen LogP contribution is -2.44. The zero-order valence-electron chi connectivity index (χ0n) is 22.2. The Morgan fingerprint density at radius 2 is 1.69 bits per heavy atom. The number of carbonyl (C=O) groups is 2. The molecule has 2 aliphatic carbocycles. The Morgan fingerprint density at radius 3 is 2.21 bits per heavy atom. The Hall–Kier alpha value is -2.33. The van der Waals surface area contributed by atoms with E-state index >= 15 is 0 Å². The van der Waals surface area contributed by atoms with Crippen molar-refractivity contribution in [3.05, 3.63) is 45.5 Å². The smallest absolute Gasteiger partial charge is 0.433 e. The quantitative estimate of drug-likeness (QED) is 0.361. The molecule has 214 valence electrons. The molecule has 0 bridgehead atoms. The number of hydrogen-bond donors (Lipinski definition) is 1. The lowest BCUT2D eigenvalue weighted by Gasteiger charge is -2.44. The van der Waals surface area contributed by atoms with Crippen LogP contribution < -0.4 is 0 Å². The number of carboxylic acids is 1. The molecule has 0 saturated heterocycles. The van der Waals surface area contributed by atoms with Gasteiger partial charge in [0.2, 0.25) is 0 Å². The van der Waals surface area contributed by atoms with Gasteiger partial charge in [-0.15, -0.1) is 0 Å². The van der Waals surface area contributed by atoms with Crippen LogP contribution in [0.15, 0.2) is 18.6 Å². The van der Waals surface area contributed by atoms with Crippen molar-refractivity contribution in [2.45, 2.75) is 77.9 Å². The Morgan fingerprint density at radius 1 is 1.10 bits per heavy atom. The zero-order valence-corrected chi connectivity index (χ0v) is 23.7. The maximum atomic E-state index is 14.4. The topological polar surface area (TPSA) is 88.3 Å². The first-order chi connectivity index (χ1) is 18.1. The van der Waals surface area contributed by atoms with Crippen LogP contribution in [0.1, 0.15) is 87.0 Å². The molecular formula is C27H33Cl2F3N4O3. The van der Waals surface area contributed by atoms with Crippen LogP contribution in [0.25, 0.3) is 0 Å². The van der Waals surface area contributed by atoms with Gasteiger partial charge in [0.05, 0.1) is 33.3 Å². The Bertz CT molecular complexity index is 1210. The Balaban J connectivity index is 1.61. The average molecular weight is 589 g/mol. The van der Waals surface area contributed by atoms with E-state index in [0.29, 0.717) is 22.2 Å². The van der Waals surface area contributed by atoms with E-state index in [2.05, 4.69) is 23.9 Å². The summed E-state index contributed by atoms with van der Waals surface area (Å²) in [5, 5.41) is 14.2. The number of aliphatic carboxylic acids is 1. The van der Waals surface area contributed by atoms with Crippen molar-refractivity contribution in [1.29, 1.82) is 0 Å². The standard InChI is InChI=1S/C27H33Cl2F3N4O3/c1-25(2)10-16(11-25)15-35(9-6-18-20(28)13-33-14-21(18)29)23(37)19-12-34-36(22(19)27(30,31)32)17-4-7-26(3,8-5-17)24(38)39/h12-14,16-17H,4-11,15H2,1-3H3,(H,38,39). The summed E-state index contributed by atoms with van der Waals surface area (Å²) < 4.78 is 44.2. The van der Waals surface area contributed by atoms with Crippen LogP contribution in [0.3, 0.4) is 0 Å². The number of aromatic nitrogens is 3. The van der Waals surface area contributed by atoms with Gasteiger partial charge in [-0.05, 0) is 68.8 Å². The second-order valence-electron chi connectivity index (χ2n) is 12.0. The van der Waals surface area contributed by atoms with E-state index in [-0.39, 0.29) is 50.0 Å². The van der Waals surface area contributed by atoms with Crippen molar-refractivity contribution < 1.29 is 27.9 Å². The van der Waals surface area contributed by atoms with Crippen LogP contribution in [-0.4, -0.2) is 49.7 Å². The van der Waals surface area contributed by atoms with Crippen molar-refractivity contribution in [3.8, 4) is 0 Å². The molecule has 0 atom stereocenters. The number of nitrogens with zero attached hydrogens (tertiary/aromatic N) is 4. The van der Waals surface area contributed by atoms with Crippen molar-refractivity contribution >= 4 is 35.1 Å². The molecule has 12 heteroatoms. The van der Waals surface area contributed by atoms with E-state index in [9.17, 15) is 27.9 Å². The lowest BCUT2D eigenvalue weighted by molar-refractivity contribution is -0.152. The number of carbonyl (C=O) groups excluding carboxylic acids is 1. The fourth-order valence-corrected chi connectivity index (χ4v) is 6.64. The van der Waals surface area contributed by atoms with E-state index in [1.807, 2.05) is 0 Å². The van der Waals surface area contributed by atoms with Crippen LogP contribution in [0, 0.1) is 16.7 Å². The maximum absolute atomic E-state index is 14.4. The number of amides is 1. The minimum Gasteiger partial charge on any atom is -0.481 e. The van der Waals surface area contributed by atoms with Gasteiger partial charge in [0.25, 0.3) is 5.91 Å². The molecular weight excluding hydrogens is 556 g/mol. The fourth-order valence-electron chi connectivity index (χ4n) is 6.09. The number of carboxylic acid groups (broad SMARTS) is 1. The summed E-state index contributed by atoms with van der Waals surface area (Å²) in [5.74, 6) is -1.54. The Kier molecular flexibility index (Phi) is 8.30.